The van der Waals surface area contributed by atoms with Crippen LogP contribution in [0.5, 0.6) is 5.75 Å². The highest BCUT2D eigenvalue weighted by Gasteiger charge is 2.14. The molecule has 0 spiro atoms. The smallest absolute Gasteiger partial charge is 0.118 e. The zero-order valence-electron chi connectivity index (χ0n) is 10.0. The minimum absolute atomic E-state index is 0.375. The van der Waals surface area contributed by atoms with Crippen molar-refractivity contribution in [2.75, 3.05) is 7.11 Å². The van der Waals surface area contributed by atoms with Crippen LogP contribution in [-0.4, -0.2) is 11.9 Å². The van der Waals surface area contributed by atoms with Gasteiger partial charge in [0.2, 0.25) is 0 Å². The van der Waals surface area contributed by atoms with Crippen molar-refractivity contribution in [1.29, 1.82) is 0 Å². The van der Waals surface area contributed by atoms with Crippen molar-refractivity contribution in [3.8, 4) is 5.75 Å². The van der Waals surface area contributed by atoms with E-state index in [1.54, 1.807) is 7.11 Å². The van der Waals surface area contributed by atoms with Gasteiger partial charge in [0.25, 0.3) is 0 Å². The largest absolute Gasteiger partial charge is 0.497 e. The second-order valence-corrected chi connectivity index (χ2v) is 5.93. The predicted octanol–water partition coefficient (Wildman–Crippen LogP) is 4.12. The predicted molar refractivity (Wildman–Crippen MR) is 68.7 cm³/mol. The first-order chi connectivity index (χ1) is 7.07. The molecule has 0 heterocycles. The Hall–Kier alpha value is -0.630. The van der Waals surface area contributed by atoms with E-state index in [9.17, 15) is 0 Å². The third kappa shape index (κ3) is 4.17. The molecule has 0 aliphatic carbocycles. The lowest BCUT2D eigenvalue weighted by molar-refractivity contribution is 0.414. The molecule has 0 N–H and O–H groups in total. The van der Waals surface area contributed by atoms with Crippen LogP contribution in [0.25, 0.3) is 0 Å². The summed E-state index contributed by atoms with van der Waals surface area (Å²) in [5, 5.41) is 0. The molecule has 0 atom stereocenters. The van der Waals surface area contributed by atoms with Crippen LogP contribution in [-0.2, 0) is 5.75 Å². The second kappa shape index (κ2) is 5.45. The monoisotopic (exact) mass is 224 g/mol. The van der Waals surface area contributed by atoms with E-state index < -0.39 is 0 Å². The zero-order chi connectivity index (χ0) is 11.3. The van der Waals surface area contributed by atoms with E-state index in [1.807, 2.05) is 23.9 Å². The highest BCUT2D eigenvalue weighted by Crippen LogP contribution is 2.31. The second-order valence-electron chi connectivity index (χ2n) is 4.25. The summed E-state index contributed by atoms with van der Waals surface area (Å²) in [6.07, 6.45) is 1.20. The molecule has 0 radical (unpaired) electrons. The van der Waals surface area contributed by atoms with E-state index in [4.69, 9.17) is 4.74 Å². The maximum atomic E-state index is 5.13. The maximum Gasteiger partial charge on any atom is 0.118 e. The first kappa shape index (κ1) is 12.4. The van der Waals surface area contributed by atoms with E-state index in [0.29, 0.717) is 4.75 Å². The molecule has 0 fully saturated rings. The van der Waals surface area contributed by atoms with E-state index in [-0.39, 0.29) is 0 Å². The Bertz CT molecular complexity index is 290. The fourth-order valence-electron chi connectivity index (χ4n) is 1.10. The van der Waals surface area contributed by atoms with Gasteiger partial charge in [0.05, 0.1) is 7.11 Å². The van der Waals surface area contributed by atoms with Crippen molar-refractivity contribution in [3.63, 3.8) is 0 Å². The highest BCUT2D eigenvalue weighted by atomic mass is 32.2. The molecule has 15 heavy (non-hydrogen) atoms. The lowest BCUT2D eigenvalue weighted by Crippen LogP contribution is -2.12. The summed E-state index contributed by atoms with van der Waals surface area (Å²) < 4.78 is 5.50. The van der Waals surface area contributed by atoms with Gasteiger partial charge in [0.1, 0.15) is 5.75 Å². The first-order valence-electron chi connectivity index (χ1n) is 5.34. The molecule has 0 unspecified atom stereocenters. The van der Waals surface area contributed by atoms with Crippen molar-refractivity contribution >= 4 is 11.8 Å². The highest BCUT2D eigenvalue weighted by molar-refractivity contribution is 7.99. The summed E-state index contributed by atoms with van der Waals surface area (Å²) in [7, 11) is 1.70. The standard InChI is InChI=1S/C13H20OS/c1-5-13(2,3)15-10-11-6-8-12(14-4)9-7-11/h6-9H,5,10H2,1-4H3. The molecule has 0 saturated heterocycles. The van der Waals surface area contributed by atoms with E-state index >= 15 is 0 Å². The van der Waals surface area contributed by atoms with Gasteiger partial charge in [-0.05, 0) is 24.1 Å². The Labute approximate surface area is 97.2 Å². The molecule has 0 aromatic heterocycles. The molecule has 0 aliphatic heterocycles. The van der Waals surface area contributed by atoms with Gasteiger partial charge in [0.15, 0.2) is 0 Å². The Balaban J connectivity index is 2.51. The number of rotatable bonds is 5. The summed E-state index contributed by atoms with van der Waals surface area (Å²) in [6.45, 7) is 6.82. The first-order valence-corrected chi connectivity index (χ1v) is 6.33. The minimum atomic E-state index is 0.375. The Morgan fingerprint density at radius 3 is 2.27 bits per heavy atom. The summed E-state index contributed by atoms with van der Waals surface area (Å²) in [5.41, 5.74) is 1.36. The molecule has 1 rings (SSSR count). The maximum absolute atomic E-state index is 5.13. The number of benzene rings is 1. The van der Waals surface area contributed by atoms with Crippen molar-refractivity contribution in [2.45, 2.75) is 37.7 Å². The molecule has 1 aromatic rings. The fourth-order valence-corrected chi connectivity index (χ4v) is 2.06. The number of hydrogen-bond donors (Lipinski definition) is 0. The molecule has 2 heteroatoms. The topological polar surface area (TPSA) is 9.23 Å². The van der Waals surface area contributed by atoms with E-state index in [1.165, 1.54) is 12.0 Å². The molecular weight excluding hydrogens is 204 g/mol. The normalized spacial score (nSPS) is 11.5. The van der Waals surface area contributed by atoms with E-state index in [0.717, 1.165) is 11.5 Å². The van der Waals surface area contributed by atoms with E-state index in [2.05, 4.69) is 32.9 Å². The lowest BCUT2D eigenvalue weighted by Gasteiger charge is -2.21. The number of hydrogen-bond acceptors (Lipinski definition) is 2. The summed E-state index contributed by atoms with van der Waals surface area (Å²) in [5.74, 6) is 2.00. The van der Waals surface area contributed by atoms with Crippen LogP contribution in [0, 0.1) is 0 Å². The molecule has 1 nitrogen and oxygen atoms in total. The summed E-state index contributed by atoms with van der Waals surface area (Å²) in [6, 6.07) is 8.32. The van der Waals surface area contributed by atoms with Crippen LogP contribution >= 0.6 is 11.8 Å². The molecule has 84 valence electrons. The average Bonchev–Trinajstić information content (AvgIpc) is 2.27. The van der Waals surface area contributed by atoms with Crippen molar-refractivity contribution in [2.24, 2.45) is 0 Å². The van der Waals surface area contributed by atoms with Crippen LogP contribution in [0.3, 0.4) is 0 Å². The van der Waals surface area contributed by atoms with Crippen LogP contribution in [0.15, 0.2) is 24.3 Å². The number of thioether (sulfide) groups is 1. The quantitative estimate of drug-likeness (QED) is 0.744. The Kier molecular flexibility index (Phi) is 4.52. The average molecular weight is 224 g/mol. The number of ether oxygens (including phenoxy) is 1. The molecule has 0 bridgehead atoms. The molecule has 0 aliphatic rings. The van der Waals surface area contributed by atoms with Crippen LogP contribution in [0.4, 0.5) is 0 Å². The Morgan fingerprint density at radius 1 is 1.20 bits per heavy atom. The van der Waals surface area contributed by atoms with Gasteiger partial charge in [-0.15, -0.1) is 0 Å². The molecule has 0 amide bonds. The third-order valence-corrected chi connectivity index (χ3v) is 4.19. The SMILES string of the molecule is CCC(C)(C)SCc1ccc(OC)cc1. The van der Waals surface area contributed by atoms with Gasteiger partial charge in [-0.2, -0.15) is 11.8 Å². The number of methoxy groups -OCH3 is 1. The minimum Gasteiger partial charge on any atom is -0.497 e. The van der Waals surface area contributed by atoms with Crippen LogP contribution in [0.1, 0.15) is 32.8 Å². The van der Waals surface area contributed by atoms with Crippen molar-refractivity contribution in [1.82, 2.24) is 0 Å². The lowest BCUT2D eigenvalue weighted by atomic mass is 10.1. The van der Waals surface area contributed by atoms with Crippen LogP contribution in [0.2, 0.25) is 0 Å². The van der Waals surface area contributed by atoms with Gasteiger partial charge in [-0.1, -0.05) is 32.9 Å². The third-order valence-electron chi connectivity index (χ3n) is 2.64. The molecule has 0 saturated carbocycles. The van der Waals surface area contributed by atoms with Gasteiger partial charge in [-0.3, -0.25) is 0 Å². The van der Waals surface area contributed by atoms with Gasteiger partial charge in [-0.25, -0.2) is 0 Å². The van der Waals surface area contributed by atoms with Crippen LogP contribution < -0.4 is 4.74 Å². The summed E-state index contributed by atoms with van der Waals surface area (Å²) >= 11 is 2.00. The van der Waals surface area contributed by atoms with Crippen molar-refractivity contribution < 1.29 is 4.74 Å². The zero-order valence-corrected chi connectivity index (χ0v) is 10.9. The summed E-state index contributed by atoms with van der Waals surface area (Å²) in [4.78, 5) is 0. The molecule has 1 aromatic carbocycles. The molecular formula is C13H20OS. The van der Waals surface area contributed by atoms with Gasteiger partial charge in [0, 0.05) is 10.5 Å². The van der Waals surface area contributed by atoms with Gasteiger partial charge >= 0.3 is 0 Å². The Morgan fingerprint density at radius 2 is 1.80 bits per heavy atom. The van der Waals surface area contributed by atoms with Gasteiger partial charge < -0.3 is 4.74 Å². The fraction of sp³-hybridized carbons (Fsp3) is 0.538. The van der Waals surface area contributed by atoms with Crippen molar-refractivity contribution in [3.05, 3.63) is 29.8 Å².